The van der Waals surface area contributed by atoms with Crippen LogP contribution in [0.1, 0.15) is 185 Å². The summed E-state index contributed by atoms with van der Waals surface area (Å²) in [6.45, 7) is 20.5. The number of carbonyl (C=O) groups is 10. The zero-order valence-electron chi connectivity index (χ0n) is 60.7. The highest BCUT2D eigenvalue weighted by atomic mass is 35.5. The molecule has 3 amide bonds. The van der Waals surface area contributed by atoms with Gasteiger partial charge in [-0.2, -0.15) is 13.2 Å². The normalized spacial score (nSPS) is 18.3. The highest BCUT2D eigenvalue weighted by Crippen LogP contribution is 2.45. The first-order valence-corrected chi connectivity index (χ1v) is 34.7. The van der Waals surface area contributed by atoms with Gasteiger partial charge < -0.3 is 44.4 Å². The second-order valence-electron chi connectivity index (χ2n) is 25.0. The van der Waals surface area contributed by atoms with E-state index in [9.17, 15) is 56.3 Å². The summed E-state index contributed by atoms with van der Waals surface area (Å²) < 4.78 is 62.9. The number of hydrogen-bond donors (Lipinski definition) is 3. The van der Waals surface area contributed by atoms with Crippen LogP contribution in [0.4, 0.5) is 27.6 Å². The topological polar surface area (TPSA) is 309 Å². The maximum atomic E-state index is 13.1. The van der Waals surface area contributed by atoms with Gasteiger partial charge in [0, 0.05) is 79.3 Å². The van der Waals surface area contributed by atoms with Crippen LogP contribution in [0.5, 0.6) is 0 Å². The third-order valence-corrected chi connectivity index (χ3v) is 19.0. The number of carboxylic acid groups (broad SMARTS) is 1. The summed E-state index contributed by atoms with van der Waals surface area (Å²) in [5.41, 5.74) is 3.85. The van der Waals surface area contributed by atoms with Crippen molar-refractivity contribution in [3.63, 3.8) is 0 Å². The van der Waals surface area contributed by atoms with Crippen molar-refractivity contribution in [1.29, 1.82) is 0 Å². The lowest BCUT2D eigenvalue weighted by atomic mass is 9.74. The van der Waals surface area contributed by atoms with E-state index in [1.54, 1.807) is 86.6 Å². The Bertz CT molecular complexity index is 3090. The summed E-state index contributed by atoms with van der Waals surface area (Å²) in [5.74, 6) is -4.54. The summed E-state index contributed by atoms with van der Waals surface area (Å²) in [4.78, 5) is 131. The molecule has 31 heteroatoms. The number of ketones is 3. The number of benzene rings is 3. The third-order valence-electron chi connectivity index (χ3n) is 18.0. The number of Topliss-reactive ketones (excluding diaryl/α,β-unsaturated/α-hetero) is 3. The SMILES string of the molecule is C.C.C.CC(C)[C@H](N)C(=O)OCOC(=O)N(C)[C@]1(c2ccccc2Cl)CCCCC1=O.CCN(CC)[C@H](C(=O)OCOC(=O)N(C)[C@]1(c2ccccc2Cl)CCCCC1=O)C(C)C.CCN(CC)[C@H](C(=O)OCOC(=O)N(C)[C@]1(c2ccccc2Cl)CCCCC1=O)C(C)C.CO.Cl.O=C(O)C(F)(F)F. The van der Waals surface area contributed by atoms with Crippen LogP contribution in [-0.4, -0.2) is 193 Å². The average molecular weight is 1580 g/mol. The molecule has 3 aliphatic carbocycles. The number of halogens is 7. The Balaban J connectivity index is -0.00000138. The van der Waals surface area contributed by atoms with E-state index in [4.69, 9.17) is 84.0 Å². The molecule has 0 unspecified atom stereocenters. The number of rotatable bonds is 24. The summed E-state index contributed by atoms with van der Waals surface area (Å²) in [7, 11) is 5.56. The molecule has 0 aromatic heterocycles. The van der Waals surface area contributed by atoms with Gasteiger partial charge in [0.25, 0.3) is 0 Å². The van der Waals surface area contributed by atoms with Crippen LogP contribution in [0, 0.1) is 17.8 Å². The number of aliphatic hydroxyl groups is 1. The smallest absolute Gasteiger partial charge is 0.475 e. The Morgan fingerprint density at radius 3 is 0.905 bits per heavy atom. The van der Waals surface area contributed by atoms with E-state index in [0.29, 0.717) is 96.5 Å². The zero-order chi connectivity index (χ0) is 76.8. The van der Waals surface area contributed by atoms with Crippen molar-refractivity contribution in [2.24, 2.45) is 23.5 Å². The molecule has 0 heterocycles. The number of esters is 3. The lowest BCUT2D eigenvalue weighted by Crippen LogP contribution is -2.54. The number of carbonyl (C=O) groups excluding carboxylic acids is 9. The van der Waals surface area contributed by atoms with Crippen molar-refractivity contribution in [1.82, 2.24) is 24.5 Å². The lowest BCUT2D eigenvalue weighted by molar-refractivity contribution is -0.192. The minimum atomic E-state index is -5.08. The van der Waals surface area contributed by atoms with Gasteiger partial charge in [0.1, 0.15) is 34.7 Å². The van der Waals surface area contributed by atoms with Crippen LogP contribution >= 0.6 is 47.2 Å². The van der Waals surface area contributed by atoms with E-state index in [2.05, 4.69) is 0 Å². The van der Waals surface area contributed by atoms with Gasteiger partial charge in [-0.25, -0.2) is 19.2 Å². The molecule has 0 radical (unpaired) electrons. The molecule has 24 nitrogen and oxygen atoms in total. The molecule has 3 saturated carbocycles. The fraction of sp³-hybridized carbons (Fsp3) is 0.622. The molecule has 3 aliphatic rings. The number of nitrogens with zero attached hydrogens (tertiary/aromatic N) is 5. The Morgan fingerprint density at radius 1 is 0.467 bits per heavy atom. The second kappa shape index (κ2) is 49.2. The standard InChI is InChI=1S/2C24H35ClN2O5.C20H27ClN2O5.C2HF3O2.CH4O.3CH4.ClH/c2*1-6-27(7-2)21(17(3)4)22(29)31-16-32-23(30)26(5)24(15-11-10-14-20(24)28)18-12-8-9-13-19(18)25;1-13(2)17(22)18(25)27-12-28-19(26)23(3)20(11-7-6-10-16(20)24)14-8-4-5-9-15(14)21;3-2(4,5)1(6)7;1-2;;;;/h2*8-9,12-13,17,21H,6-7,10-11,14-16H2,1-5H3;4-5,8-9,13,17H,6-7,10-12,22H2,1-3H3;(H,6,7);2H,1H3;3*1H4;1H/t2*21-,24-;17-,20-;;;;;;/m000....../s1. The van der Waals surface area contributed by atoms with Crippen molar-refractivity contribution >= 4 is 107 Å². The molecule has 105 heavy (non-hydrogen) atoms. The first-order chi connectivity index (χ1) is 47.6. The van der Waals surface area contributed by atoms with Crippen LogP contribution in [0.3, 0.4) is 0 Å². The number of ether oxygens (including phenoxy) is 6. The third kappa shape index (κ3) is 27.1. The van der Waals surface area contributed by atoms with Gasteiger partial charge in [0.15, 0.2) is 17.3 Å². The summed E-state index contributed by atoms with van der Waals surface area (Å²) in [6, 6.07) is 19.5. The maximum Gasteiger partial charge on any atom is 0.490 e. The van der Waals surface area contributed by atoms with Crippen molar-refractivity contribution in [3.8, 4) is 0 Å². The quantitative estimate of drug-likeness (QED) is 0.0426. The first kappa shape index (κ1) is 102. The molecule has 3 aromatic rings. The Kier molecular flexibility index (Phi) is 47.9. The molecular formula is C74H115Cl4F3N6O18. The van der Waals surface area contributed by atoms with E-state index >= 15 is 0 Å². The molecule has 0 bridgehead atoms. The van der Waals surface area contributed by atoms with Crippen LogP contribution in [0.15, 0.2) is 72.8 Å². The number of alkyl halides is 3. The fourth-order valence-electron chi connectivity index (χ4n) is 12.5. The highest BCUT2D eigenvalue weighted by Gasteiger charge is 2.52. The molecule has 3 aromatic carbocycles. The Labute approximate surface area is 640 Å². The largest absolute Gasteiger partial charge is 0.490 e. The number of likely N-dealkylation sites (N-methyl/N-ethyl adjacent to an activating group) is 5. The van der Waals surface area contributed by atoms with Gasteiger partial charge in [-0.15, -0.1) is 12.4 Å². The first-order valence-electron chi connectivity index (χ1n) is 33.6. The fourth-order valence-corrected chi connectivity index (χ4v) is 13.4. The summed E-state index contributed by atoms with van der Waals surface area (Å²) in [6.07, 6.45) is -0.277. The van der Waals surface area contributed by atoms with Crippen molar-refractivity contribution in [2.45, 2.75) is 209 Å². The zero-order valence-corrected chi connectivity index (χ0v) is 63.8. The summed E-state index contributed by atoms with van der Waals surface area (Å²) >= 11 is 19.2. The summed E-state index contributed by atoms with van der Waals surface area (Å²) in [5, 5.41) is 15.4. The number of amides is 3. The van der Waals surface area contributed by atoms with E-state index in [0.717, 1.165) is 45.6 Å². The Morgan fingerprint density at radius 2 is 0.705 bits per heavy atom. The molecule has 0 aliphatic heterocycles. The van der Waals surface area contributed by atoms with Crippen LogP contribution in [0.25, 0.3) is 0 Å². The van der Waals surface area contributed by atoms with E-state index in [1.165, 1.54) is 35.8 Å². The molecule has 0 saturated heterocycles. The van der Waals surface area contributed by atoms with Crippen molar-refractivity contribution in [2.75, 3.05) is 74.8 Å². The number of nitrogens with two attached hydrogens (primary N) is 1. The molecule has 598 valence electrons. The van der Waals surface area contributed by atoms with Crippen LogP contribution in [0.2, 0.25) is 15.1 Å². The van der Waals surface area contributed by atoms with E-state index in [-0.39, 0.29) is 69.8 Å². The minimum Gasteiger partial charge on any atom is -0.475 e. The lowest BCUT2D eigenvalue weighted by Gasteiger charge is -2.43. The van der Waals surface area contributed by atoms with Gasteiger partial charge in [-0.05, 0) is 120 Å². The van der Waals surface area contributed by atoms with Crippen molar-refractivity contribution < 1.29 is 99.8 Å². The van der Waals surface area contributed by atoms with Gasteiger partial charge in [-0.3, -0.25) is 53.3 Å². The Hall–Kier alpha value is -6.85. The molecule has 0 spiro atoms. The van der Waals surface area contributed by atoms with Gasteiger partial charge in [-0.1, -0.05) is 181 Å². The van der Waals surface area contributed by atoms with E-state index in [1.807, 2.05) is 65.2 Å². The minimum absolute atomic E-state index is 0. The van der Waals surface area contributed by atoms with Gasteiger partial charge >= 0.3 is 48.3 Å². The predicted molar refractivity (Wildman–Crippen MR) is 401 cm³/mol. The van der Waals surface area contributed by atoms with Gasteiger partial charge in [0.2, 0.25) is 20.4 Å². The van der Waals surface area contributed by atoms with Crippen LogP contribution < -0.4 is 5.73 Å². The predicted octanol–water partition coefficient (Wildman–Crippen LogP) is 15.0. The van der Waals surface area contributed by atoms with Crippen molar-refractivity contribution in [3.05, 3.63) is 105 Å². The molecular weight excluding hydrogens is 1460 g/mol. The van der Waals surface area contributed by atoms with Gasteiger partial charge in [0.05, 0.1) is 0 Å². The van der Waals surface area contributed by atoms with E-state index < -0.39 is 103 Å². The molecule has 3 fully saturated rings. The number of carboxylic acids is 1. The number of hydrogen-bond acceptors (Lipinski definition) is 20. The molecule has 6 atom stereocenters. The highest BCUT2D eigenvalue weighted by molar-refractivity contribution is 6.32. The number of aliphatic carboxylic acids is 1. The second-order valence-corrected chi connectivity index (χ2v) is 26.2. The average Bonchev–Trinajstić information content (AvgIpc) is 0.767. The molecule has 6 rings (SSSR count). The monoisotopic (exact) mass is 1570 g/mol. The molecule has 4 N–H and O–H groups in total. The van der Waals surface area contributed by atoms with Crippen LogP contribution in [-0.2, 0) is 78.6 Å². The number of aliphatic hydroxyl groups excluding tert-OH is 1. The maximum absolute atomic E-state index is 13.1.